The van der Waals surface area contributed by atoms with Crippen LogP contribution in [0, 0.1) is 0 Å². The van der Waals surface area contributed by atoms with Crippen LogP contribution in [0.5, 0.6) is 0 Å². The summed E-state index contributed by atoms with van der Waals surface area (Å²) in [6.45, 7) is -0.484. The molecule has 3 N–H and O–H groups in total. The zero-order valence-corrected chi connectivity index (χ0v) is 5.27. The van der Waals surface area contributed by atoms with E-state index in [1.54, 1.807) is 0 Å². The van der Waals surface area contributed by atoms with Gasteiger partial charge in [-0.15, -0.1) is 0 Å². The van der Waals surface area contributed by atoms with E-state index in [4.69, 9.17) is 10.8 Å². The number of aliphatic hydroxyl groups is 1. The van der Waals surface area contributed by atoms with Crippen molar-refractivity contribution in [1.82, 2.24) is 0 Å². The lowest BCUT2D eigenvalue weighted by molar-refractivity contribution is -0.122. The van der Waals surface area contributed by atoms with Crippen LogP contribution < -0.4 is 5.73 Å². The maximum absolute atomic E-state index is 10.3. The second kappa shape index (κ2) is 3.88. The molecule has 48 valence electrons. The van der Waals surface area contributed by atoms with Gasteiger partial charge in [0.25, 0.3) is 0 Å². The van der Waals surface area contributed by atoms with E-state index in [2.05, 4.69) is 12.6 Å². The fourth-order valence-corrected chi connectivity index (χ4v) is 0.423. The molecule has 0 bridgehead atoms. The number of rotatable bonds is 3. The molecule has 0 aliphatic rings. The Bertz CT molecular complexity index is 86.1. The van der Waals surface area contributed by atoms with Crippen molar-refractivity contribution >= 4 is 18.4 Å². The molecular formula is C4H9NO2S. The first-order valence-corrected chi connectivity index (χ1v) is 2.85. The summed E-state index contributed by atoms with van der Waals surface area (Å²) in [4.78, 5) is 10.3. The highest BCUT2D eigenvalue weighted by Crippen LogP contribution is 1.83. The minimum absolute atomic E-state index is 0.291. The van der Waals surface area contributed by atoms with Gasteiger partial charge in [-0.05, 0) is 0 Å². The third kappa shape index (κ3) is 2.30. The summed E-state index contributed by atoms with van der Waals surface area (Å²) < 4.78 is 0. The van der Waals surface area contributed by atoms with Crippen LogP contribution in [0.3, 0.4) is 0 Å². The Morgan fingerprint density at radius 1 is 1.88 bits per heavy atom. The molecule has 0 saturated heterocycles. The molecule has 0 amide bonds. The molecule has 0 fully saturated rings. The predicted octanol–water partition coefficient (Wildman–Crippen LogP) is -1.20. The Morgan fingerprint density at radius 3 is 2.50 bits per heavy atom. The number of aliphatic hydroxyl groups excluding tert-OH is 1. The molecule has 0 aromatic rings. The van der Waals surface area contributed by atoms with E-state index < -0.39 is 12.6 Å². The molecular weight excluding hydrogens is 126 g/mol. The SMILES string of the molecule is NC(CS)C(=O)CO. The molecule has 1 atom stereocenters. The van der Waals surface area contributed by atoms with Gasteiger partial charge in [-0.2, -0.15) is 12.6 Å². The largest absolute Gasteiger partial charge is 0.389 e. The van der Waals surface area contributed by atoms with Crippen molar-refractivity contribution in [3.8, 4) is 0 Å². The summed E-state index contributed by atoms with van der Waals surface area (Å²) in [5.74, 6) is -0.0700. The van der Waals surface area contributed by atoms with E-state index in [1.807, 2.05) is 0 Å². The summed E-state index contributed by atoms with van der Waals surface area (Å²) in [5, 5.41) is 8.17. The van der Waals surface area contributed by atoms with Crippen LogP contribution in [0.4, 0.5) is 0 Å². The van der Waals surface area contributed by atoms with Crippen LogP contribution >= 0.6 is 12.6 Å². The van der Waals surface area contributed by atoms with Gasteiger partial charge in [-0.1, -0.05) is 0 Å². The minimum Gasteiger partial charge on any atom is -0.389 e. The summed E-state index contributed by atoms with van der Waals surface area (Å²) in [7, 11) is 0. The highest BCUT2D eigenvalue weighted by molar-refractivity contribution is 7.80. The van der Waals surface area contributed by atoms with Gasteiger partial charge in [-0.25, -0.2) is 0 Å². The maximum Gasteiger partial charge on any atom is 0.175 e. The van der Waals surface area contributed by atoms with E-state index >= 15 is 0 Å². The molecule has 8 heavy (non-hydrogen) atoms. The molecule has 0 rings (SSSR count). The fourth-order valence-electron chi connectivity index (χ4n) is 0.219. The highest BCUT2D eigenvalue weighted by Gasteiger charge is 2.07. The second-order valence-electron chi connectivity index (χ2n) is 1.41. The summed E-state index contributed by atoms with van der Waals surface area (Å²) in [6, 6.07) is -0.608. The average Bonchev–Trinajstić information content (AvgIpc) is 1.84. The molecule has 0 saturated carbocycles. The van der Waals surface area contributed by atoms with Gasteiger partial charge in [0.2, 0.25) is 0 Å². The second-order valence-corrected chi connectivity index (χ2v) is 1.78. The van der Waals surface area contributed by atoms with Gasteiger partial charge in [-0.3, -0.25) is 4.79 Å². The number of ketones is 1. The molecule has 0 aromatic heterocycles. The zero-order valence-electron chi connectivity index (χ0n) is 4.37. The monoisotopic (exact) mass is 135 g/mol. The Hall–Kier alpha value is -0.0600. The number of Topliss-reactive ketones (excluding diaryl/α,β-unsaturated/α-hetero) is 1. The van der Waals surface area contributed by atoms with E-state index in [-0.39, 0.29) is 5.78 Å². The van der Waals surface area contributed by atoms with Crippen LogP contribution in [-0.2, 0) is 4.79 Å². The highest BCUT2D eigenvalue weighted by atomic mass is 32.1. The van der Waals surface area contributed by atoms with Gasteiger partial charge in [0.1, 0.15) is 6.61 Å². The molecule has 0 aromatic carbocycles. The van der Waals surface area contributed by atoms with Gasteiger partial charge in [0.15, 0.2) is 5.78 Å². The van der Waals surface area contributed by atoms with Crippen molar-refractivity contribution in [2.24, 2.45) is 5.73 Å². The maximum atomic E-state index is 10.3. The summed E-state index contributed by atoms with van der Waals surface area (Å²) in [5.41, 5.74) is 5.14. The Kier molecular flexibility index (Phi) is 3.85. The molecule has 0 heterocycles. The lowest BCUT2D eigenvalue weighted by atomic mass is 10.2. The fraction of sp³-hybridized carbons (Fsp3) is 0.750. The number of carbonyl (C=O) groups excluding carboxylic acids is 1. The third-order valence-corrected chi connectivity index (χ3v) is 1.16. The minimum atomic E-state index is -0.608. The van der Waals surface area contributed by atoms with Crippen molar-refractivity contribution in [3.05, 3.63) is 0 Å². The lowest BCUT2D eigenvalue weighted by Crippen LogP contribution is -2.34. The standard InChI is InChI=1S/C4H9NO2S/c5-3(2-8)4(7)1-6/h3,6,8H,1-2,5H2. The first kappa shape index (κ1) is 7.94. The van der Waals surface area contributed by atoms with Crippen molar-refractivity contribution < 1.29 is 9.90 Å². The first-order valence-electron chi connectivity index (χ1n) is 2.22. The smallest absolute Gasteiger partial charge is 0.175 e. The van der Waals surface area contributed by atoms with E-state index in [0.29, 0.717) is 5.75 Å². The molecule has 3 nitrogen and oxygen atoms in total. The van der Waals surface area contributed by atoms with E-state index in [0.717, 1.165) is 0 Å². The Labute approximate surface area is 53.3 Å². The van der Waals surface area contributed by atoms with Crippen molar-refractivity contribution in [2.45, 2.75) is 6.04 Å². The number of hydrogen-bond acceptors (Lipinski definition) is 4. The first-order chi connectivity index (χ1) is 3.72. The van der Waals surface area contributed by atoms with Crippen LogP contribution in [0.25, 0.3) is 0 Å². The van der Waals surface area contributed by atoms with Crippen LogP contribution in [0.1, 0.15) is 0 Å². The van der Waals surface area contributed by atoms with Crippen LogP contribution in [-0.4, -0.2) is 29.3 Å². The van der Waals surface area contributed by atoms with Crippen molar-refractivity contribution in [3.63, 3.8) is 0 Å². The topological polar surface area (TPSA) is 63.3 Å². The number of carbonyl (C=O) groups is 1. The lowest BCUT2D eigenvalue weighted by Gasteiger charge is -2.01. The van der Waals surface area contributed by atoms with Gasteiger partial charge in [0.05, 0.1) is 6.04 Å². The Morgan fingerprint density at radius 2 is 2.38 bits per heavy atom. The molecule has 0 aliphatic carbocycles. The van der Waals surface area contributed by atoms with Gasteiger partial charge >= 0.3 is 0 Å². The normalized spacial score (nSPS) is 13.4. The molecule has 4 heteroatoms. The van der Waals surface area contributed by atoms with E-state index in [1.165, 1.54) is 0 Å². The molecule has 0 spiro atoms. The quantitative estimate of drug-likeness (QED) is 0.426. The van der Waals surface area contributed by atoms with Gasteiger partial charge in [0, 0.05) is 5.75 Å². The molecule has 1 unspecified atom stereocenters. The zero-order chi connectivity index (χ0) is 6.57. The van der Waals surface area contributed by atoms with Crippen LogP contribution in [0.2, 0.25) is 0 Å². The average molecular weight is 135 g/mol. The van der Waals surface area contributed by atoms with Crippen molar-refractivity contribution in [2.75, 3.05) is 12.4 Å². The van der Waals surface area contributed by atoms with E-state index in [9.17, 15) is 4.79 Å². The summed E-state index contributed by atoms with van der Waals surface area (Å²) >= 11 is 3.75. The van der Waals surface area contributed by atoms with Crippen LogP contribution in [0.15, 0.2) is 0 Å². The molecule has 0 aliphatic heterocycles. The molecule has 0 radical (unpaired) electrons. The third-order valence-electron chi connectivity index (χ3n) is 0.766. The predicted molar refractivity (Wildman–Crippen MR) is 33.9 cm³/mol. The van der Waals surface area contributed by atoms with Crippen molar-refractivity contribution in [1.29, 1.82) is 0 Å². The number of hydrogen-bond donors (Lipinski definition) is 3. The number of thiol groups is 1. The van der Waals surface area contributed by atoms with Gasteiger partial charge < -0.3 is 10.8 Å². The number of nitrogens with two attached hydrogens (primary N) is 1. The summed E-state index contributed by atoms with van der Waals surface area (Å²) in [6.07, 6.45) is 0. The Balaban J connectivity index is 3.46.